The van der Waals surface area contributed by atoms with Gasteiger partial charge in [0.1, 0.15) is 18.9 Å². The summed E-state index contributed by atoms with van der Waals surface area (Å²) in [7, 11) is 5.20. The fourth-order valence-corrected chi connectivity index (χ4v) is 3.30. The van der Waals surface area contributed by atoms with E-state index in [0.29, 0.717) is 42.6 Å². The first-order valence-corrected chi connectivity index (χ1v) is 10.2. The molecule has 0 heterocycles. The molecule has 0 aliphatic rings. The van der Waals surface area contributed by atoms with Crippen LogP contribution >= 0.6 is 0 Å². The van der Waals surface area contributed by atoms with Crippen molar-refractivity contribution in [1.29, 1.82) is 0 Å². The lowest BCUT2D eigenvalue weighted by molar-refractivity contribution is -0.885. The molecule has 0 bridgehead atoms. The van der Waals surface area contributed by atoms with Gasteiger partial charge in [-0.15, -0.1) is 0 Å². The minimum absolute atomic E-state index is 0.0724. The van der Waals surface area contributed by atoms with Crippen LogP contribution in [0.1, 0.15) is 11.1 Å². The third-order valence-electron chi connectivity index (χ3n) is 4.81. The van der Waals surface area contributed by atoms with Crippen molar-refractivity contribution in [3.8, 4) is 17.2 Å². The molecule has 0 saturated carbocycles. The van der Waals surface area contributed by atoms with Crippen molar-refractivity contribution in [3.63, 3.8) is 0 Å². The zero-order chi connectivity index (χ0) is 22.1. The SMILES string of the molecule is COc1ccccc1NC(=O)C[NH+](C)Cc1ccc(OCc2ccccc2)c(OC)c1. The molecule has 1 unspecified atom stereocenters. The maximum Gasteiger partial charge on any atom is 0.279 e. The van der Waals surface area contributed by atoms with Gasteiger partial charge < -0.3 is 24.4 Å². The first kappa shape index (κ1) is 22.2. The number of ether oxygens (including phenoxy) is 3. The van der Waals surface area contributed by atoms with Crippen LogP contribution in [0.15, 0.2) is 72.8 Å². The Morgan fingerprint density at radius 1 is 0.839 bits per heavy atom. The molecule has 6 heteroatoms. The Balaban J connectivity index is 1.56. The van der Waals surface area contributed by atoms with Crippen LogP contribution in [0.2, 0.25) is 0 Å². The van der Waals surface area contributed by atoms with Gasteiger partial charge in [-0.3, -0.25) is 4.79 Å². The third-order valence-corrected chi connectivity index (χ3v) is 4.81. The van der Waals surface area contributed by atoms with Gasteiger partial charge in [0.2, 0.25) is 0 Å². The van der Waals surface area contributed by atoms with Gasteiger partial charge in [-0.2, -0.15) is 0 Å². The maximum absolute atomic E-state index is 12.4. The van der Waals surface area contributed by atoms with E-state index in [1.807, 2.05) is 79.8 Å². The first-order valence-electron chi connectivity index (χ1n) is 10.2. The molecule has 3 rings (SSSR count). The summed E-state index contributed by atoms with van der Waals surface area (Å²) in [5.41, 5.74) is 2.83. The lowest BCUT2D eigenvalue weighted by Crippen LogP contribution is -3.08. The molecule has 0 saturated heterocycles. The van der Waals surface area contributed by atoms with Gasteiger partial charge in [0.25, 0.3) is 5.91 Å². The van der Waals surface area contributed by atoms with E-state index in [-0.39, 0.29) is 5.91 Å². The van der Waals surface area contributed by atoms with E-state index in [9.17, 15) is 4.79 Å². The van der Waals surface area contributed by atoms with Crippen LogP contribution in [0, 0.1) is 0 Å². The summed E-state index contributed by atoms with van der Waals surface area (Å²) in [5.74, 6) is 1.95. The standard InChI is InChI=1S/C25H28N2O4/c1-27(17-25(28)26-21-11-7-8-12-22(21)29-2)16-20-13-14-23(24(15-20)30-3)31-18-19-9-5-4-6-10-19/h4-15H,16-18H2,1-3H3,(H,26,28)/p+1. The van der Waals surface area contributed by atoms with Crippen LogP contribution in [-0.4, -0.2) is 33.7 Å². The van der Waals surface area contributed by atoms with Gasteiger partial charge in [0.15, 0.2) is 18.0 Å². The van der Waals surface area contributed by atoms with Gasteiger partial charge in [0, 0.05) is 5.56 Å². The third kappa shape index (κ3) is 6.49. The number of hydrogen-bond donors (Lipinski definition) is 2. The Morgan fingerprint density at radius 2 is 1.55 bits per heavy atom. The van der Waals surface area contributed by atoms with Gasteiger partial charge in [0.05, 0.1) is 27.0 Å². The highest BCUT2D eigenvalue weighted by atomic mass is 16.5. The molecule has 2 N–H and O–H groups in total. The molecule has 0 spiro atoms. The number of likely N-dealkylation sites (N-methyl/N-ethyl adjacent to an activating group) is 1. The maximum atomic E-state index is 12.4. The number of para-hydroxylation sites is 2. The molecule has 3 aromatic rings. The van der Waals surface area contributed by atoms with Gasteiger partial charge in [-0.05, 0) is 35.9 Å². The van der Waals surface area contributed by atoms with E-state index in [2.05, 4.69) is 5.32 Å². The van der Waals surface area contributed by atoms with E-state index in [1.165, 1.54) is 0 Å². The smallest absolute Gasteiger partial charge is 0.279 e. The van der Waals surface area contributed by atoms with Crippen molar-refractivity contribution < 1.29 is 23.9 Å². The van der Waals surface area contributed by atoms with Crippen LogP contribution in [0.3, 0.4) is 0 Å². The van der Waals surface area contributed by atoms with E-state index in [4.69, 9.17) is 14.2 Å². The van der Waals surface area contributed by atoms with Crippen molar-refractivity contribution >= 4 is 11.6 Å². The molecular weight excluding hydrogens is 392 g/mol. The molecule has 0 fully saturated rings. The molecule has 31 heavy (non-hydrogen) atoms. The topological polar surface area (TPSA) is 61.2 Å². The Labute approximate surface area is 183 Å². The normalized spacial score (nSPS) is 11.5. The second-order valence-electron chi connectivity index (χ2n) is 7.32. The number of amides is 1. The predicted octanol–water partition coefficient (Wildman–Crippen LogP) is 2.94. The fourth-order valence-electron chi connectivity index (χ4n) is 3.30. The van der Waals surface area contributed by atoms with E-state index < -0.39 is 0 Å². The number of quaternary nitrogens is 1. The number of nitrogens with one attached hydrogen (secondary N) is 2. The summed E-state index contributed by atoms with van der Waals surface area (Å²) in [6.45, 7) is 1.48. The van der Waals surface area contributed by atoms with Crippen LogP contribution < -0.4 is 24.4 Å². The molecule has 0 aromatic heterocycles. The highest BCUT2D eigenvalue weighted by molar-refractivity contribution is 5.92. The summed E-state index contributed by atoms with van der Waals surface area (Å²) in [5, 5.41) is 2.91. The van der Waals surface area contributed by atoms with Crippen LogP contribution in [0.5, 0.6) is 17.2 Å². The van der Waals surface area contributed by atoms with Gasteiger partial charge in [-0.25, -0.2) is 0 Å². The second kappa shape index (κ2) is 11.0. The molecule has 0 aliphatic carbocycles. The van der Waals surface area contributed by atoms with Crippen LogP contribution in [0.4, 0.5) is 5.69 Å². The van der Waals surface area contributed by atoms with Crippen molar-refractivity contribution in [2.75, 3.05) is 33.1 Å². The van der Waals surface area contributed by atoms with Crippen LogP contribution in [0.25, 0.3) is 0 Å². The number of hydrogen-bond acceptors (Lipinski definition) is 4. The van der Waals surface area contributed by atoms with E-state index in [1.54, 1.807) is 14.2 Å². The monoisotopic (exact) mass is 421 g/mol. The van der Waals surface area contributed by atoms with E-state index in [0.717, 1.165) is 16.0 Å². The summed E-state index contributed by atoms with van der Waals surface area (Å²) >= 11 is 0. The fraction of sp³-hybridized carbons (Fsp3) is 0.240. The highest BCUT2D eigenvalue weighted by Crippen LogP contribution is 2.28. The Morgan fingerprint density at radius 3 is 2.29 bits per heavy atom. The molecule has 0 radical (unpaired) electrons. The lowest BCUT2D eigenvalue weighted by atomic mass is 10.2. The van der Waals surface area contributed by atoms with Crippen molar-refractivity contribution in [2.45, 2.75) is 13.2 Å². The van der Waals surface area contributed by atoms with E-state index >= 15 is 0 Å². The molecule has 1 amide bonds. The summed E-state index contributed by atoms with van der Waals surface area (Å²) in [6.07, 6.45) is 0. The van der Waals surface area contributed by atoms with Crippen LogP contribution in [-0.2, 0) is 17.9 Å². The van der Waals surface area contributed by atoms with Crippen molar-refractivity contribution in [3.05, 3.63) is 83.9 Å². The summed E-state index contributed by atoms with van der Waals surface area (Å²) in [4.78, 5) is 13.5. The highest BCUT2D eigenvalue weighted by Gasteiger charge is 2.14. The zero-order valence-electron chi connectivity index (χ0n) is 18.2. The molecule has 6 nitrogen and oxygen atoms in total. The van der Waals surface area contributed by atoms with Gasteiger partial charge in [-0.1, -0.05) is 42.5 Å². The molecular formula is C25H29N2O4+. The second-order valence-corrected chi connectivity index (χ2v) is 7.32. The average molecular weight is 422 g/mol. The van der Waals surface area contributed by atoms with Crippen molar-refractivity contribution in [1.82, 2.24) is 0 Å². The number of carbonyl (C=O) groups is 1. The molecule has 0 aliphatic heterocycles. The predicted molar refractivity (Wildman–Crippen MR) is 121 cm³/mol. The number of benzene rings is 3. The average Bonchev–Trinajstić information content (AvgIpc) is 2.79. The van der Waals surface area contributed by atoms with Crippen molar-refractivity contribution in [2.24, 2.45) is 0 Å². The molecule has 3 aromatic carbocycles. The minimum atomic E-state index is -0.0724. The molecule has 162 valence electrons. The number of rotatable bonds is 10. The number of anilines is 1. The Hall–Kier alpha value is -3.51. The Kier molecular flexibility index (Phi) is 7.90. The lowest BCUT2D eigenvalue weighted by Gasteiger charge is -2.16. The summed E-state index contributed by atoms with van der Waals surface area (Å²) in [6, 6.07) is 23.3. The van der Waals surface area contributed by atoms with Gasteiger partial charge >= 0.3 is 0 Å². The molecule has 1 atom stereocenters. The minimum Gasteiger partial charge on any atom is -0.495 e. The number of carbonyl (C=O) groups excluding carboxylic acids is 1. The Bertz CT molecular complexity index is 992. The first-order chi connectivity index (χ1) is 15.1. The largest absolute Gasteiger partial charge is 0.495 e. The number of methoxy groups -OCH3 is 2. The zero-order valence-corrected chi connectivity index (χ0v) is 18.2. The summed E-state index contributed by atoms with van der Waals surface area (Å²) < 4.78 is 16.7. The quantitative estimate of drug-likeness (QED) is 0.529.